The molecule has 0 spiro atoms. The van der Waals surface area contributed by atoms with Gasteiger partial charge in [-0.05, 0) is 44.4 Å². The molecule has 3 nitrogen and oxygen atoms in total. The third-order valence-corrected chi connectivity index (χ3v) is 3.47. The van der Waals surface area contributed by atoms with Crippen LogP contribution in [0.5, 0.6) is 0 Å². The van der Waals surface area contributed by atoms with Crippen LogP contribution in [-0.4, -0.2) is 24.6 Å². The van der Waals surface area contributed by atoms with Crippen LogP contribution in [-0.2, 0) is 0 Å². The minimum atomic E-state index is 0.514. The highest BCUT2D eigenvalue weighted by Gasteiger charge is 2.25. The van der Waals surface area contributed by atoms with E-state index in [1.807, 2.05) is 0 Å². The van der Waals surface area contributed by atoms with Crippen molar-refractivity contribution in [2.75, 3.05) is 13.1 Å². The molecule has 0 aromatic carbocycles. The maximum Gasteiger partial charge on any atom is 0.134 e. The normalized spacial score (nSPS) is 28.9. The van der Waals surface area contributed by atoms with Crippen LogP contribution in [0.25, 0.3) is 0 Å². The Morgan fingerprint density at radius 3 is 3.06 bits per heavy atom. The quantitative estimate of drug-likeness (QED) is 0.714. The van der Waals surface area contributed by atoms with Crippen LogP contribution in [0.15, 0.2) is 33.4 Å². The average Bonchev–Trinajstić information content (AvgIpc) is 2.76. The Kier molecular flexibility index (Phi) is 2.48. The van der Waals surface area contributed by atoms with Crippen LogP contribution in [0, 0.1) is 5.92 Å². The second kappa shape index (κ2) is 3.98. The molecule has 16 heavy (non-hydrogen) atoms. The molecule has 1 saturated heterocycles. The van der Waals surface area contributed by atoms with Crippen molar-refractivity contribution < 1.29 is 0 Å². The first-order chi connectivity index (χ1) is 7.84. The van der Waals surface area contributed by atoms with Crippen LogP contribution in [0.1, 0.15) is 26.2 Å². The summed E-state index contributed by atoms with van der Waals surface area (Å²) in [6, 6.07) is 0. The molecule has 0 radical (unpaired) electrons. The maximum atomic E-state index is 4.72. The fourth-order valence-electron chi connectivity index (χ4n) is 2.50. The minimum absolute atomic E-state index is 0.514. The number of rotatable bonds is 1. The van der Waals surface area contributed by atoms with Crippen LogP contribution < -0.4 is 5.32 Å². The summed E-state index contributed by atoms with van der Waals surface area (Å²) in [5.41, 5.74) is 3.55. The molecule has 3 rings (SSSR count). The first-order valence-corrected chi connectivity index (χ1v) is 6.09. The molecule has 2 heterocycles. The van der Waals surface area contributed by atoms with E-state index < -0.39 is 0 Å². The summed E-state index contributed by atoms with van der Waals surface area (Å²) >= 11 is 0. The third kappa shape index (κ3) is 1.65. The second-order valence-corrected chi connectivity index (χ2v) is 4.75. The number of hydrogen-bond acceptors (Lipinski definition) is 3. The van der Waals surface area contributed by atoms with Gasteiger partial charge >= 0.3 is 0 Å². The first kappa shape index (κ1) is 9.97. The summed E-state index contributed by atoms with van der Waals surface area (Å²) in [6.45, 7) is 4.33. The van der Waals surface area contributed by atoms with Crippen molar-refractivity contribution in [3.63, 3.8) is 0 Å². The molecule has 3 heteroatoms. The summed E-state index contributed by atoms with van der Waals surface area (Å²) in [7, 11) is 0. The Balaban J connectivity index is 1.88. The van der Waals surface area contributed by atoms with E-state index >= 15 is 0 Å². The molecule has 3 aliphatic rings. The Morgan fingerprint density at radius 1 is 1.38 bits per heavy atom. The van der Waals surface area contributed by atoms with Gasteiger partial charge in [-0.2, -0.15) is 0 Å². The van der Waals surface area contributed by atoms with Crippen molar-refractivity contribution in [3.8, 4) is 0 Å². The van der Waals surface area contributed by atoms with Gasteiger partial charge in [0.1, 0.15) is 5.84 Å². The lowest BCUT2D eigenvalue weighted by atomic mass is 9.99. The molecule has 1 N–H and O–H groups in total. The zero-order valence-electron chi connectivity index (χ0n) is 9.66. The predicted molar refractivity (Wildman–Crippen MR) is 66.9 cm³/mol. The molecule has 1 fully saturated rings. The van der Waals surface area contributed by atoms with Gasteiger partial charge in [0.2, 0.25) is 0 Å². The first-order valence-electron chi connectivity index (χ1n) is 6.09. The predicted octanol–water partition coefficient (Wildman–Crippen LogP) is 2.07. The molecule has 1 atom stereocenters. The minimum Gasteiger partial charge on any atom is -0.316 e. The smallest absolute Gasteiger partial charge is 0.134 e. The molecule has 2 aliphatic heterocycles. The van der Waals surface area contributed by atoms with Crippen LogP contribution in [0.2, 0.25) is 0 Å². The largest absolute Gasteiger partial charge is 0.316 e. The molecular formula is C13H17N3. The molecule has 0 amide bonds. The van der Waals surface area contributed by atoms with Crippen LogP contribution in [0.4, 0.5) is 0 Å². The summed E-state index contributed by atoms with van der Waals surface area (Å²) in [6.07, 6.45) is 7.76. The van der Waals surface area contributed by atoms with Crippen LogP contribution >= 0.6 is 0 Å². The highest BCUT2D eigenvalue weighted by Crippen LogP contribution is 2.26. The van der Waals surface area contributed by atoms with E-state index in [2.05, 4.69) is 29.4 Å². The van der Waals surface area contributed by atoms with Gasteiger partial charge in [-0.3, -0.25) is 0 Å². The van der Waals surface area contributed by atoms with Crippen molar-refractivity contribution in [1.29, 1.82) is 0 Å². The lowest BCUT2D eigenvalue weighted by molar-refractivity contribution is 0.456. The third-order valence-electron chi connectivity index (χ3n) is 3.47. The van der Waals surface area contributed by atoms with Gasteiger partial charge in [-0.1, -0.05) is 6.08 Å². The van der Waals surface area contributed by atoms with Gasteiger partial charge in [0, 0.05) is 12.5 Å². The number of piperidine rings is 1. The van der Waals surface area contributed by atoms with Gasteiger partial charge in [0.05, 0.1) is 11.4 Å². The van der Waals surface area contributed by atoms with Gasteiger partial charge in [0.25, 0.3) is 0 Å². The van der Waals surface area contributed by atoms with Crippen LogP contribution in [0.3, 0.4) is 0 Å². The summed E-state index contributed by atoms with van der Waals surface area (Å²) in [4.78, 5) is 9.38. The van der Waals surface area contributed by atoms with Crippen molar-refractivity contribution >= 4 is 11.5 Å². The standard InChI is InChI=1S/C13H17N3/c1-9-4-2-6-11-12(9)16-13(15-11)10-5-3-7-14-8-10/h2,6,10,14H,3-5,7-8H2,1H3/t10-/m1/s1. The molecule has 1 aliphatic carbocycles. The number of fused-ring (bicyclic) bond motifs is 1. The van der Waals surface area contributed by atoms with Gasteiger partial charge in [0.15, 0.2) is 0 Å². The van der Waals surface area contributed by atoms with E-state index in [0.29, 0.717) is 5.92 Å². The van der Waals surface area contributed by atoms with E-state index in [1.54, 1.807) is 0 Å². The van der Waals surface area contributed by atoms with E-state index in [9.17, 15) is 0 Å². The Hall–Kier alpha value is -1.22. The maximum absolute atomic E-state index is 4.72. The van der Waals surface area contributed by atoms with E-state index in [1.165, 1.54) is 18.4 Å². The fraction of sp³-hybridized carbons (Fsp3) is 0.538. The molecule has 0 unspecified atom stereocenters. The summed E-state index contributed by atoms with van der Waals surface area (Å²) < 4.78 is 0. The molecule has 0 aromatic heterocycles. The number of hydrogen-bond donors (Lipinski definition) is 1. The topological polar surface area (TPSA) is 36.8 Å². The van der Waals surface area contributed by atoms with E-state index in [4.69, 9.17) is 4.99 Å². The monoisotopic (exact) mass is 215 g/mol. The lowest BCUT2D eigenvalue weighted by Crippen LogP contribution is -2.33. The Bertz CT molecular complexity index is 420. The van der Waals surface area contributed by atoms with E-state index in [0.717, 1.165) is 36.8 Å². The highest BCUT2D eigenvalue weighted by molar-refractivity contribution is 6.19. The SMILES string of the molecule is CC1=C2N=C([C@@H]3CCCNC3)N=C2C=CC1. The lowest BCUT2D eigenvalue weighted by Gasteiger charge is -2.20. The zero-order valence-corrected chi connectivity index (χ0v) is 9.66. The number of nitrogens with zero attached hydrogens (tertiary/aromatic N) is 2. The van der Waals surface area contributed by atoms with Crippen molar-refractivity contribution in [1.82, 2.24) is 5.32 Å². The molecule has 0 saturated carbocycles. The Morgan fingerprint density at radius 2 is 2.31 bits per heavy atom. The van der Waals surface area contributed by atoms with Gasteiger partial charge < -0.3 is 5.32 Å². The van der Waals surface area contributed by atoms with E-state index in [-0.39, 0.29) is 0 Å². The zero-order chi connectivity index (χ0) is 11.0. The Labute approximate surface area is 96.1 Å². The van der Waals surface area contributed by atoms with Gasteiger partial charge in [-0.25, -0.2) is 9.98 Å². The summed E-state index contributed by atoms with van der Waals surface area (Å²) in [5.74, 6) is 1.56. The van der Waals surface area contributed by atoms with Gasteiger partial charge in [-0.15, -0.1) is 0 Å². The summed E-state index contributed by atoms with van der Waals surface area (Å²) in [5, 5.41) is 3.42. The number of aliphatic imine (C=N–C) groups is 2. The number of amidine groups is 1. The second-order valence-electron chi connectivity index (χ2n) is 4.75. The number of allylic oxidation sites excluding steroid dienone is 3. The number of nitrogens with one attached hydrogen (secondary N) is 1. The molecule has 84 valence electrons. The van der Waals surface area contributed by atoms with Crippen molar-refractivity contribution in [3.05, 3.63) is 23.4 Å². The average molecular weight is 215 g/mol. The molecule has 0 aromatic rings. The highest BCUT2D eigenvalue weighted by atomic mass is 15.0. The fourth-order valence-corrected chi connectivity index (χ4v) is 2.50. The van der Waals surface area contributed by atoms with Crippen molar-refractivity contribution in [2.24, 2.45) is 15.9 Å². The van der Waals surface area contributed by atoms with Crippen molar-refractivity contribution in [2.45, 2.75) is 26.2 Å². The molecular weight excluding hydrogens is 198 g/mol. The molecule has 0 bridgehead atoms.